The van der Waals surface area contributed by atoms with Gasteiger partial charge in [-0.3, -0.25) is 0 Å². The van der Waals surface area contributed by atoms with Gasteiger partial charge in [0.25, 0.3) is 0 Å². The molecule has 4 aromatic rings. The number of aryl methyl sites for hydroxylation is 1. The van der Waals surface area contributed by atoms with Crippen LogP contribution in [0.1, 0.15) is 20.9 Å². The Morgan fingerprint density at radius 2 is 1.96 bits per heavy atom. The number of fused-ring (bicyclic) bond motifs is 1. The van der Waals surface area contributed by atoms with Gasteiger partial charge in [0.05, 0.1) is 16.8 Å². The van der Waals surface area contributed by atoms with E-state index >= 15 is 0 Å². The van der Waals surface area contributed by atoms with E-state index in [1.807, 2.05) is 42.5 Å². The van der Waals surface area contributed by atoms with Gasteiger partial charge in [0, 0.05) is 16.6 Å². The maximum atomic E-state index is 11.3. The summed E-state index contributed by atoms with van der Waals surface area (Å²) < 4.78 is 0. The number of nitrogens with one attached hydrogen (secondary N) is 1. The average Bonchev–Trinajstić information content (AvgIpc) is 3.25. The van der Waals surface area contributed by atoms with E-state index < -0.39 is 5.97 Å². The zero-order chi connectivity index (χ0) is 18.3. The number of hydrogen-bond donors (Lipinski definition) is 2. The molecular weight excluding hydrogens is 346 g/mol. The first-order valence-corrected chi connectivity index (χ1v) is 8.72. The van der Waals surface area contributed by atoms with E-state index in [-0.39, 0.29) is 4.88 Å². The molecule has 0 aliphatic heterocycles. The molecule has 0 atom stereocenters. The van der Waals surface area contributed by atoms with Crippen LogP contribution in [-0.2, 0) is 0 Å². The molecule has 126 valence electrons. The van der Waals surface area contributed by atoms with Crippen molar-refractivity contribution in [3.05, 3.63) is 64.7 Å². The van der Waals surface area contributed by atoms with Gasteiger partial charge in [-0.25, -0.2) is 9.78 Å². The summed E-state index contributed by atoms with van der Waals surface area (Å²) in [7, 11) is 0. The van der Waals surface area contributed by atoms with Crippen molar-refractivity contribution in [1.82, 2.24) is 9.97 Å². The van der Waals surface area contributed by atoms with E-state index in [4.69, 9.17) is 0 Å². The first kappa shape index (κ1) is 16.1. The molecule has 26 heavy (non-hydrogen) atoms. The molecule has 0 spiro atoms. The van der Waals surface area contributed by atoms with Crippen LogP contribution in [-0.4, -0.2) is 21.0 Å². The number of nitrogens with zero attached hydrogens (tertiary/aromatic N) is 2. The summed E-state index contributed by atoms with van der Waals surface area (Å²) in [6.45, 7) is 1.68. The number of hydrogen-bond acceptors (Lipinski definition) is 4. The van der Waals surface area contributed by atoms with Crippen molar-refractivity contribution in [3.8, 4) is 27.9 Å². The lowest BCUT2D eigenvalue weighted by Gasteiger charge is -1.99. The molecule has 0 bridgehead atoms. The summed E-state index contributed by atoms with van der Waals surface area (Å²) in [4.78, 5) is 19.2. The van der Waals surface area contributed by atoms with E-state index in [0.29, 0.717) is 16.3 Å². The number of aromatic amines is 1. The monoisotopic (exact) mass is 359 g/mol. The van der Waals surface area contributed by atoms with Crippen LogP contribution < -0.4 is 0 Å². The number of carbonyl (C=O) groups is 1. The highest BCUT2D eigenvalue weighted by atomic mass is 32.1. The second-order valence-corrected chi connectivity index (χ2v) is 6.89. The van der Waals surface area contributed by atoms with Gasteiger partial charge in [0.15, 0.2) is 0 Å². The smallest absolute Gasteiger partial charge is 0.347 e. The zero-order valence-electron chi connectivity index (χ0n) is 13.8. The molecular formula is C20H13N3O2S. The van der Waals surface area contributed by atoms with Crippen LogP contribution in [0.15, 0.2) is 48.5 Å². The van der Waals surface area contributed by atoms with Crippen LogP contribution in [0.4, 0.5) is 0 Å². The quantitative estimate of drug-likeness (QED) is 0.548. The van der Waals surface area contributed by atoms with Gasteiger partial charge in [0.2, 0.25) is 0 Å². The number of nitriles is 1. The molecule has 4 rings (SSSR count). The van der Waals surface area contributed by atoms with E-state index in [1.165, 1.54) is 0 Å². The number of carboxylic acids is 1. The summed E-state index contributed by atoms with van der Waals surface area (Å²) >= 11 is 1.12. The molecule has 0 aliphatic rings. The van der Waals surface area contributed by atoms with Crippen LogP contribution in [0, 0.1) is 18.3 Å². The highest BCUT2D eigenvalue weighted by Crippen LogP contribution is 2.33. The first-order chi connectivity index (χ1) is 12.6. The Morgan fingerprint density at radius 1 is 1.19 bits per heavy atom. The van der Waals surface area contributed by atoms with Crippen molar-refractivity contribution in [2.75, 3.05) is 0 Å². The third-order valence-corrected chi connectivity index (χ3v) is 5.37. The zero-order valence-corrected chi connectivity index (χ0v) is 14.6. The SMILES string of the molecule is Cc1nc(-c2cc(C#N)c3[nH]c(-c4ccccc4)cc3c2)sc1C(=O)O. The predicted octanol–water partition coefficient (Wildman–Crippen LogP) is 4.84. The minimum Gasteiger partial charge on any atom is -0.477 e. The van der Waals surface area contributed by atoms with Crippen LogP contribution in [0.3, 0.4) is 0 Å². The van der Waals surface area contributed by atoms with Crippen molar-refractivity contribution in [2.45, 2.75) is 6.92 Å². The van der Waals surface area contributed by atoms with E-state index in [2.05, 4.69) is 16.0 Å². The molecule has 6 heteroatoms. The van der Waals surface area contributed by atoms with Gasteiger partial charge in [-0.2, -0.15) is 5.26 Å². The molecule has 2 heterocycles. The second kappa shape index (κ2) is 6.14. The molecule has 0 saturated heterocycles. The van der Waals surface area contributed by atoms with Gasteiger partial charge >= 0.3 is 5.97 Å². The Balaban J connectivity index is 1.89. The molecule has 5 nitrogen and oxygen atoms in total. The Morgan fingerprint density at radius 3 is 2.62 bits per heavy atom. The summed E-state index contributed by atoms with van der Waals surface area (Å²) in [6, 6.07) is 17.8. The van der Waals surface area contributed by atoms with Crippen molar-refractivity contribution in [3.63, 3.8) is 0 Å². The number of thiazole rings is 1. The Bertz CT molecular complexity index is 1180. The normalized spacial score (nSPS) is 10.8. The average molecular weight is 359 g/mol. The summed E-state index contributed by atoms with van der Waals surface area (Å²) in [5.74, 6) is -0.985. The van der Waals surface area contributed by atoms with Crippen LogP contribution in [0.5, 0.6) is 0 Å². The molecule has 0 radical (unpaired) electrons. The number of benzene rings is 2. The molecule has 2 aromatic heterocycles. The van der Waals surface area contributed by atoms with Gasteiger partial charge in [-0.05, 0) is 30.7 Å². The van der Waals surface area contributed by atoms with E-state index in [9.17, 15) is 15.2 Å². The summed E-state index contributed by atoms with van der Waals surface area (Å²) in [5, 5.41) is 20.3. The number of carboxylic acid groups (broad SMARTS) is 1. The van der Waals surface area contributed by atoms with Crippen molar-refractivity contribution >= 4 is 28.2 Å². The van der Waals surface area contributed by atoms with Gasteiger partial charge in [0.1, 0.15) is 16.0 Å². The maximum absolute atomic E-state index is 11.3. The molecule has 0 aliphatic carbocycles. The Hall–Kier alpha value is -3.43. The van der Waals surface area contributed by atoms with Crippen molar-refractivity contribution in [2.24, 2.45) is 0 Å². The van der Waals surface area contributed by atoms with Crippen molar-refractivity contribution in [1.29, 1.82) is 5.26 Å². The fourth-order valence-electron chi connectivity index (χ4n) is 2.95. The van der Waals surface area contributed by atoms with Gasteiger partial charge in [-0.15, -0.1) is 11.3 Å². The molecule has 2 aromatic carbocycles. The largest absolute Gasteiger partial charge is 0.477 e. The number of aromatic nitrogens is 2. The van der Waals surface area contributed by atoms with Gasteiger partial charge in [-0.1, -0.05) is 30.3 Å². The molecule has 0 amide bonds. The standard InChI is InChI=1S/C20H13N3O2S/c1-11-18(20(24)25)26-19(22-11)14-7-13-9-16(12-5-3-2-4-6-12)23-17(13)15(8-14)10-21/h2-9,23H,1H3,(H,24,25). The van der Waals surface area contributed by atoms with Gasteiger partial charge < -0.3 is 10.1 Å². The van der Waals surface area contributed by atoms with E-state index in [1.54, 1.807) is 13.0 Å². The number of H-pyrrole nitrogens is 1. The maximum Gasteiger partial charge on any atom is 0.347 e. The summed E-state index contributed by atoms with van der Waals surface area (Å²) in [6.07, 6.45) is 0. The lowest BCUT2D eigenvalue weighted by atomic mass is 10.1. The predicted molar refractivity (Wildman–Crippen MR) is 101 cm³/mol. The topological polar surface area (TPSA) is 89.8 Å². The fraction of sp³-hybridized carbons (Fsp3) is 0.0500. The highest BCUT2D eigenvalue weighted by Gasteiger charge is 2.17. The third-order valence-electron chi connectivity index (χ3n) is 4.17. The minimum atomic E-state index is -0.985. The minimum absolute atomic E-state index is 0.220. The lowest BCUT2D eigenvalue weighted by Crippen LogP contribution is -1.94. The second-order valence-electron chi connectivity index (χ2n) is 5.89. The van der Waals surface area contributed by atoms with Crippen LogP contribution >= 0.6 is 11.3 Å². The van der Waals surface area contributed by atoms with Crippen molar-refractivity contribution < 1.29 is 9.90 Å². The first-order valence-electron chi connectivity index (χ1n) is 7.90. The lowest BCUT2D eigenvalue weighted by molar-refractivity contribution is 0.0701. The Labute approximate surface area is 153 Å². The van der Waals surface area contributed by atoms with Crippen LogP contribution in [0.25, 0.3) is 32.7 Å². The molecule has 0 unspecified atom stereocenters. The van der Waals surface area contributed by atoms with Crippen LogP contribution in [0.2, 0.25) is 0 Å². The molecule has 0 fully saturated rings. The fourth-order valence-corrected chi connectivity index (χ4v) is 3.84. The molecule has 2 N–H and O–H groups in total. The number of aromatic carboxylic acids is 1. The highest BCUT2D eigenvalue weighted by molar-refractivity contribution is 7.17. The van der Waals surface area contributed by atoms with E-state index in [0.717, 1.165) is 39.1 Å². The molecule has 0 saturated carbocycles. The summed E-state index contributed by atoms with van der Waals surface area (Å²) in [5.41, 5.74) is 4.46. The third kappa shape index (κ3) is 2.65. The Kier molecular flexibility index (Phi) is 3.79. The number of rotatable bonds is 3.